The molecule has 0 atom stereocenters. The van der Waals surface area contributed by atoms with Crippen molar-refractivity contribution in [2.75, 3.05) is 24.3 Å². The second kappa shape index (κ2) is 7.62. The molecule has 0 saturated heterocycles. The lowest BCUT2D eigenvalue weighted by Gasteiger charge is -2.13. The lowest BCUT2D eigenvalue weighted by molar-refractivity contribution is 0.102. The highest BCUT2D eigenvalue weighted by molar-refractivity contribution is 6.33. The van der Waals surface area contributed by atoms with Crippen LogP contribution < -0.4 is 10.2 Å². The third-order valence-electron chi connectivity index (χ3n) is 4.11. The van der Waals surface area contributed by atoms with Gasteiger partial charge in [-0.05, 0) is 36.8 Å². The van der Waals surface area contributed by atoms with Crippen molar-refractivity contribution in [3.63, 3.8) is 0 Å². The van der Waals surface area contributed by atoms with E-state index in [0.717, 1.165) is 11.3 Å². The zero-order valence-electron chi connectivity index (χ0n) is 15.0. The molecule has 1 N–H and O–H groups in total. The smallest absolute Gasteiger partial charge is 0.260 e. The van der Waals surface area contributed by atoms with E-state index >= 15 is 0 Å². The van der Waals surface area contributed by atoms with Crippen molar-refractivity contribution in [3.8, 4) is 0 Å². The zero-order chi connectivity index (χ0) is 18.7. The number of carbonyl (C=O) groups excluding carboxylic acids is 1. The molecule has 0 saturated carbocycles. The van der Waals surface area contributed by atoms with Crippen LogP contribution in [0.5, 0.6) is 0 Å². The average Bonchev–Trinajstić information content (AvgIpc) is 2.90. The summed E-state index contributed by atoms with van der Waals surface area (Å²) in [5.74, 6) is -0.260. The van der Waals surface area contributed by atoms with Crippen LogP contribution in [-0.4, -0.2) is 29.8 Å². The van der Waals surface area contributed by atoms with Gasteiger partial charge in [-0.15, -0.1) is 0 Å². The number of carbonyl (C=O) groups is 1. The summed E-state index contributed by atoms with van der Waals surface area (Å²) in [5, 5.41) is 7.65. The van der Waals surface area contributed by atoms with Crippen molar-refractivity contribution in [2.45, 2.75) is 13.5 Å². The van der Waals surface area contributed by atoms with Crippen LogP contribution >= 0.6 is 11.6 Å². The lowest BCUT2D eigenvalue weighted by Crippen LogP contribution is -2.14. The Morgan fingerprint density at radius 1 is 1.12 bits per heavy atom. The monoisotopic (exact) mass is 368 g/mol. The second-order valence-corrected chi connectivity index (χ2v) is 6.65. The normalized spacial score (nSPS) is 10.6. The summed E-state index contributed by atoms with van der Waals surface area (Å²) >= 11 is 6.44. The molecule has 0 aliphatic heterocycles. The Kier molecular flexibility index (Phi) is 5.28. The first-order valence-electron chi connectivity index (χ1n) is 8.31. The highest BCUT2D eigenvalue weighted by atomic mass is 35.5. The van der Waals surface area contributed by atoms with E-state index in [1.54, 1.807) is 11.6 Å². The van der Waals surface area contributed by atoms with Crippen LogP contribution in [-0.2, 0) is 6.54 Å². The molecule has 5 nitrogen and oxygen atoms in total. The number of aryl methyl sites for hydroxylation is 1. The summed E-state index contributed by atoms with van der Waals surface area (Å²) in [6, 6.07) is 17.5. The number of hydrogen-bond acceptors (Lipinski definition) is 3. The molecule has 0 spiro atoms. The first-order chi connectivity index (χ1) is 12.5. The van der Waals surface area contributed by atoms with Gasteiger partial charge in [-0.2, -0.15) is 5.10 Å². The Morgan fingerprint density at radius 3 is 2.38 bits per heavy atom. The van der Waals surface area contributed by atoms with Crippen LogP contribution in [0, 0.1) is 6.92 Å². The van der Waals surface area contributed by atoms with E-state index in [-0.39, 0.29) is 5.91 Å². The van der Waals surface area contributed by atoms with Crippen molar-refractivity contribution in [2.24, 2.45) is 0 Å². The van der Waals surface area contributed by atoms with E-state index in [1.165, 1.54) is 0 Å². The van der Waals surface area contributed by atoms with Crippen molar-refractivity contribution >= 4 is 28.9 Å². The average molecular weight is 369 g/mol. The van der Waals surface area contributed by atoms with Crippen molar-refractivity contribution in [1.82, 2.24) is 9.78 Å². The zero-order valence-corrected chi connectivity index (χ0v) is 15.8. The summed E-state index contributed by atoms with van der Waals surface area (Å²) in [4.78, 5) is 14.7. The Labute approximate surface area is 158 Å². The van der Waals surface area contributed by atoms with Gasteiger partial charge in [0, 0.05) is 25.5 Å². The van der Waals surface area contributed by atoms with Crippen LogP contribution in [0.2, 0.25) is 5.15 Å². The Hall–Kier alpha value is -2.79. The van der Waals surface area contributed by atoms with Gasteiger partial charge in [0.05, 0.1) is 17.8 Å². The van der Waals surface area contributed by atoms with Crippen LogP contribution in [0.1, 0.15) is 21.6 Å². The van der Waals surface area contributed by atoms with Gasteiger partial charge in [-0.1, -0.05) is 41.9 Å². The van der Waals surface area contributed by atoms with Gasteiger partial charge >= 0.3 is 0 Å². The van der Waals surface area contributed by atoms with Gasteiger partial charge in [0.15, 0.2) is 0 Å². The maximum atomic E-state index is 12.7. The molecule has 3 rings (SSSR count). The third kappa shape index (κ3) is 3.89. The first kappa shape index (κ1) is 18.0. The SMILES string of the molecule is Cc1nn(Cc2ccccc2)c(Cl)c1C(=O)Nc1ccc(N(C)C)cc1. The van der Waals surface area contributed by atoms with Crippen molar-refractivity contribution < 1.29 is 4.79 Å². The standard InChI is InChI=1S/C20H21ClN4O/c1-14-18(19(21)25(23-14)13-15-7-5-4-6-8-15)20(26)22-16-9-11-17(12-10-16)24(2)3/h4-12H,13H2,1-3H3,(H,22,26). The minimum atomic E-state index is -0.260. The fraction of sp³-hybridized carbons (Fsp3) is 0.200. The molecule has 3 aromatic rings. The Bertz CT molecular complexity index is 902. The molecule has 134 valence electrons. The summed E-state index contributed by atoms with van der Waals surface area (Å²) in [5.41, 5.74) is 3.86. The molecule has 0 fully saturated rings. The molecule has 1 heterocycles. The number of rotatable bonds is 5. The highest BCUT2D eigenvalue weighted by Gasteiger charge is 2.20. The molecule has 26 heavy (non-hydrogen) atoms. The number of amides is 1. The molecule has 0 radical (unpaired) electrons. The molecular formula is C20H21ClN4O. The second-order valence-electron chi connectivity index (χ2n) is 6.29. The summed E-state index contributed by atoms with van der Waals surface area (Å²) < 4.78 is 1.65. The minimum Gasteiger partial charge on any atom is -0.378 e. The third-order valence-corrected chi connectivity index (χ3v) is 4.49. The molecular weight excluding hydrogens is 348 g/mol. The summed E-state index contributed by atoms with van der Waals surface area (Å²) in [7, 11) is 3.94. The molecule has 0 bridgehead atoms. The molecule has 0 aliphatic rings. The van der Waals surface area contributed by atoms with E-state index in [9.17, 15) is 4.79 Å². The fourth-order valence-corrected chi connectivity index (χ4v) is 3.03. The molecule has 0 aliphatic carbocycles. The predicted molar refractivity (Wildman–Crippen MR) is 106 cm³/mol. The van der Waals surface area contributed by atoms with E-state index in [0.29, 0.717) is 28.6 Å². The quantitative estimate of drug-likeness (QED) is 0.733. The Balaban J connectivity index is 1.79. The highest BCUT2D eigenvalue weighted by Crippen LogP contribution is 2.23. The van der Waals surface area contributed by atoms with Crippen molar-refractivity contribution in [1.29, 1.82) is 0 Å². The van der Waals surface area contributed by atoms with Gasteiger partial charge in [0.2, 0.25) is 0 Å². The number of anilines is 2. The maximum absolute atomic E-state index is 12.7. The van der Waals surface area contributed by atoms with E-state index in [1.807, 2.05) is 73.6 Å². The number of aromatic nitrogens is 2. The Morgan fingerprint density at radius 2 is 1.77 bits per heavy atom. The predicted octanol–water partition coefficient (Wildman–Crippen LogP) is 4.21. The van der Waals surface area contributed by atoms with Gasteiger partial charge in [-0.3, -0.25) is 4.79 Å². The number of nitrogens with one attached hydrogen (secondary N) is 1. The summed E-state index contributed by atoms with van der Waals surface area (Å²) in [6.07, 6.45) is 0. The van der Waals surface area contributed by atoms with Crippen molar-refractivity contribution in [3.05, 3.63) is 76.6 Å². The fourth-order valence-electron chi connectivity index (χ4n) is 2.71. The molecule has 0 unspecified atom stereocenters. The lowest BCUT2D eigenvalue weighted by atomic mass is 10.2. The molecule has 1 amide bonds. The van der Waals surface area contributed by atoms with E-state index in [4.69, 9.17) is 11.6 Å². The molecule has 6 heteroatoms. The van der Waals surface area contributed by atoms with E-state index in [2.05, 4.69) is 10.4 Å². The van der Waals surface area contributed by atoms with Crippen LogP contribution in [0.15, 0.2) is 54.6 Å². The van der Waals surface area contributed by atoms with Gasteiger partial charge in [0.25, 0.3) is 5.91 Å². The van der Waals surface area contributed by atoms with Gasteiger partial charge in [0.1, 0.15) is 5.15 Å². The van der Waals surface area contributed by atoms with Crippen LogP contribution in [0.4, 0.5) is 11.4 Å². The number of hydrogen-bond donors (Lipinski definition) is 1. The van der Waals surface area contributed by atoms with Crippen LogP contribution in [0.3, 0.4) is 0 Å². The minimum absolute atomic E-state index is 0.260. The van der Waals surface area contributed by atoms with Gasteiger partial charge < -0.3 is 10.2 Å². The first-order valence-corrected chi connectivity index (χ1v) is 8.69. The molecule has 1 aromatic heterocycles. The largest absolute Gasteiger partial charge is 0.378 e. The topological polar surface area (TPSA) is 50.2 Å². The maximum Gasteiger partial charge on any atom is 0.260 e. The molecule has 2 aromatic carbocycles. The number of halogens is 1. The summed E-state index contributed by atoms with van der Waals surface area (Å²) in [6.45, 7) is 2.31. The van der Waals surface area contributed by atoms with E-state index < -0.39 is 0 Å². The number of nitrogens with zero attached hydrogens (tertiary/aromatic N) is 3. The number of benzene rings is 2. The van der Waals surface area contributed by atoms with Crippen LogP contribution in [0.25, 0.3) is 0 Å². The van der Waals surface area contributed by atoms with Gasteiger partial charge in [-0.25, -0.2) is 4.68 Å².